The van der Waals surface area contributed by atoms with Crippen LogP contribution in [-0.4, -0.2) is 16.1 Å². The Morgan fingerprint density at radius 1 is 1.24 bits per heavy atom. The molecule has 2 N–H and O–H groups in total. The molecule has 5 heteroatoms. The van der Waals surface area contributed by atoms with E-state index < -0.39 is 0 Å². The van der Waals surface area contributed by atoms with Crippen molar-refractivity contribution >= 4 is 11.6 Å². The summed E-state index contributed by atoms with van der Waals surface area (Å²) < 4.78 is 5.26. The number of carbonyl (C=O) groups is 1. The van der Waals surface area contributed by atoms with Crippen molar-refractivity contribution in [3.63, 3.8) is 0 Å². The van der Waals surface area contributed by atoms with Crippen molar-refractivity contribution in [2.24, 2.45) is 0 Å². The standard InChI is InChI=1S/C16H15N3O2/c1-10-5-6-11(2)12(8-10)17-16(20)14-9-13(18-19-14)15-4-3-7-21-15/h3-9H,1-2H3,(H,17,20)(H,18,19). The fraction of sp³-hybridized carbons (Fsp3) is 0.125. The summed E-state index contributed by atoms with van der Waals surface area (Å²) >= 11 is 0. The second-order valence-corrected chi connectivity index (χ2v) is 4.92. The summed E-state index contributed by atoms with van der Waals surface area (Å²) in [6.45, 7) is 3.94. The highest BCUT2D eigenvalue weighted by atomic mass is 16.3. The van der Waals surface area contributed by atoms with Crippen LogP contribution < -0.4 is 5.32 Å². The maximum atomic E-state index is 12.2. The molecule has 3 rings (SSSR count). The number of amides is 1. The minimum Gasteiger partial charge on any atom is -0.463 e. The summed E-state index contributed by atoms with van der Waals surface area (Å²) in [5, 5.41) is 9.69. The fourth-order valence-corrected chi connectivity index (χ4v) is 2.05. The average molecular weight is 281 g/mol. The molecule has 1 amide bonds. The Morgan fingerprint density at radius 3 is 2.86 bits per heavy atom. The molecule has 0 aliphatic carbocycles. The molecule has 2 heterocycles. The van der Waals surface area contributed by atoms with Gasteiger partial charge >= 0.3 is 0 Å². The van der Waals surface area contributed by atoms with Gasteiger partial charge in [0.1, 0.15) is 5.69 Å². The normalized spacial score (nSPS) is 10.6. The first-order valence-corrected chi connectivity index (χ1v) is 6.61. The highest BCUT2D eigenvalue weighted by molar-refractivity contribution is 6.03. The van der Waals surface area contributed by atoms with Crippen molar-refractivity contribution < 1.29 is 9.21 Å². The number of nitrogens with zero attached hydrogens (tertiary/aromatic N) is 1. The van der Waals surface area contributed by atoms with E-state index in [0.29, 0.717) is 17.1 Å². The molecule has 5 nitrogen and oxygen atoms in total. The number of anilines is 1. The van der Waals surface area contributed by atoms with Crippen LogP contribution in [0.3, 0.4) is 0 Å². The molecular weight excluding hydrogens is 266 g/mol. The van der Waals surface area contributed by atoms with Crippen LogP contribution in [0.1, 0.15) is 21.6 Å². The number of carbonyl (C=O) groups excluding carboxylic acids is 1. The molecule has 0 radical (unpaired) electrons. The van der Waals surface area contributed by atoms with Crippen LogP contribution in [-0.2, 0) is 0 Å². The fourth-order valence-electron chi connectivity index (χ4n) is 2.05. The van der Waals surface area contributed by atoms with Crippen LogP contribution in [0.4, 0.5) is 5.69 Å². The Labute approximate surface area is 122 Å². The van der Waals surface area contributed by atoms with Crippen molar-refractivity contribution in [3.8, 4) is 11.5 Å². The Morgan fingerprint density at radius 2 is 2.10 bits per heavy atom. The molecule has 21 heavy (non-hydrogen) atoms. The lowest BCUT2D eigenvalue weighted by atomic mass is 10.1. The number of hydrogen-bond donors (Lipinski definition) is 2. The highest BCUT2D eigenvalue weighted by Crippen LogP contribution is 2.20. The van der Waals surface area contributed by atoms with Crippen molar-refractivity contribution in [2.75, 3.05) is 5.32 Å². The summed E-state index contributed by atoms with van der Waals surface area (Å²) in [5.41, 5.74) is 3.89. The van der Waals surface area contributed by atoms with Gasteiger partial charge in [0.15, 0.2) is 11.5 Å². The minimum atomic E-state index is -0.252. The summed E-state index contributed by atoms with van der Waals surface area (Å²) in [7, 11) is 0. The third-order valence-corrected chi connectivity index (χ3v) is 3.24. The van der Waals surface area contributed by atoms with Crippen LogP contribution in [0, 0.1) is 13.8 Å². The van der Waals surface area contributed by atoms with Gasteiger partial charge in [-0.05, 0) is 43.2 Å². The molecule has 0 aliphatic heterocycles. The number of aromatic nitrogens is 2. The second kappa shape index (κ2) is 5.28. The van der Waals surface area contributed by atoms with E-state index >= 15 is 0 Å². The molecule has 0 saturated heterocycles. The quantitative estimate of drug-likeness (QED) is 0.771. The summed E-state index contributed by atoms with van der Waals surface area (Å²) in [4.78, 5) is 12.2. The second-order valence-electron chi connectivity index (χ2n) is 4.92. The predicted octanol–water partition coefficient (Wildman–Crippen LogP) is 3.54. The van der Waals surface area contributed by atoms with Gasteiger partial charge in [-0.2, -0.15) is 5.10 Å². The summed E-state index contributed by atoms with van der Waals surface area (Å²) in [6, 6.07) is 11.2. The third kappa shape index (κ3) is 2.72. The minimum absolute atomic E-state index is 0.252. The molecule has 0 atom stereocenters. The summed E-state index contributed by atoms with van der Waals surface area (Å²) in [6.07, 6.45) is 1.58. The lowest BCUT2D eigenvalue weighted by Crippen LogP contribution is -2.13. The van der Waals surface area contributed by atoms with E-state index in [4.69, 9.17) is 4.42 Å². The summed E-state index contributed by atoms with van der Waals surface area (Å²) in [5.74, 6) is 0.394. The number of H-pyrrole nitrogens is 1. The number of furan rings is 1. The monoisotopic (exact) mass is 281 g/mol. The first kappa shape index (κ1) is 13.2. The van der Waals surface area contributed by atoms with Crippen molar-refractivity contribution in [1.29, 1.82) is 0 Å². The van der Waals surface area contributed by atoms with Crippen LogP contribution in [0.5, 0.6) is 0 Å². The zero-order valence-corrected chi connectivity index (χ0v) is 11.8. The van der Waals surface area contributed by atoms with Gasteiger partial charge in [-0.1, -0.05) is 12.1 Å². The number of aryl methyl sites for hydroxylation is 2. The topological polar surface area (TPSA) is 70.9 Å². The molecule has 3 aromatic rings. The first-order valence-electron chi connectivity index (χ1n) is 6.61. The smallest absolute Gasteiger partial charge is 0.276 e. The van der Waals surface area contributed by atoms with Gasteiger partial charge in [0.05, 0.1) is 6.26 Å². The van der Waals surface area contributed by atoms with Crippen LogP contribution in [0.2, 0.25) is 0 Å². The maximum absolute atomic E-state index is 12.2. The van der Waals surface area contributed by atoms with Gasteiger partial charge in [0.2, 0.25) is 0 Å². The van der Waals surface area contributed by atoms with E-state index in [1.54, 1.807) is 24.5 Å². The van der Waals surface area contributed by atoms with Crippen molar-refractivity contribution in [3.05, 3.63) is 59.5 Å². The molecule has 0 saturated carbocycles. The Hall–Kier alpha value is -2.82. The van der Waals surface area contributed by atoms with E-state index in [-0.39, 0.29) is 5.91 Å². The van der Waals surface area contributed by atoms with Gasteiger partial charge in [-0.15, -0.1) is 0 Å². The van der Waals surface area contributed by atoms with Gasteiger partial charge < -0.3 is 9.73 Å². The largest absolute Gasteiger partial charge is 0.463 e. The molecule has 0 unspecified atom stereocenters. The van der Waals surface area contributed by atoms with Crippen LogP contribution in [0.15, 0.2) is 47.1 Å². The Kier molecular flexibility index (Phi) is 3.31. The molecule has 106 valence electrons. The SMILES string of the molecule is Cc1ccc(C)c(NC(=O)c2cc(-c3ccco3)[nH]n2)c1. The molecule has 0 aliphatic rings. The van der Waals surface area contributed by atoms with E-state index in [1.807, 2.05) is 32.0 Å². The van der Waals surface area contributed by atoms with Gasteiger partial charge in [0.25, 0.3) is 5.91 Å². The third-order valence-electron chi connectivity index (χ3n) is 3.24. The number of benzene rings is 1. The maximum Gasteiger partial charge on any atom is 0.276 e. The van der Waals surface area contributed by atoms with Gasteiger partial charge in [-0.3, -0.25) is 9.89 Å². The van der Waals surface area contributed by atoms with Crippen molar-refractivity contribution in [2.45, 2.75) is 13.8 Å². The molecular formula is C16H15N3O2. The average Bonchev–Trinajstić information content (AvgIpc) is 3.12. The number of rotatable bonds is 3. The van der Waals surface area contributed by atoms with E-state index in [9.17, 15) is 4.79 Å². The van der Waals surface area contributed by atoms with Gasteiger partial charge in [0, 0.05) is 11.8 Å². The zero-order valence-electron chi connectivity index (χ0n) is 11.8. The van der Waals surface area contributed by atoms with E-state index in [1.165, 1.54) is 0 Å². The highest BCUT2D eigenvalue weighted by Gasteiger charge is 2.13. The Balaban J connectivity index is 1.81. The molecule has 0 spiro atoms. The number of hydrogen-bond acceptors (Lipinski definition) is 3. The van der Waals surface area contributed by atoms with E-state index in [2.05, 4.69) is 15.5 Å². The van der Waals surface area contributed by atoms with Gasteiger partial charge in [-0.25, -0.2) is 0 Å². The lowest BCUT2D eigenvalue weighted by Gasteiger charge is -2.07. The molecule has 1 aromatic carbocycles. The molecule has 2 aromatic heterocycles. The first-order chi connectivity index (χ1) is 10.1. The predicted molar refractivity (Wildman–Crippen MR) is 80.2 cm³/mol. The molecule has 0 fully saturated rings. The lowest BCUT2D eigenvalue weighted by molar-refractivity contribution is 0.102. The van der Waals surface area contributed by atoms with Crippen molar-refractivity contribution in [1.82, 2.24) is 10.2 Å². The number of nitrogens with one attached hydrogen (secondary N) is 2. The van der Waals surface area contributed by atoms with Crippen LogP contribution in [0.25, 0.3) is 11.5 Å². The van der Waals surface area contributed by atoms with E-state index in [0.717, 1.165) is 16.8 Å². The molecule has 0 bridgehead atoms. The van der Waals surface area contributed by atoms with Crippen LogP contribution >= 0.6 is 0 Å². The Bertz CT molecular complexity index is 773. The zero-order chi connectivity index (χ0) is 14.8. The number of aromatic amines is 1.